The van der Waals surface area contributed by atoms with Crippen molar-refractivity contribution in [3.05, 3.63) is 24.3 Å². The maximum absolute atomic E-state index is 8.74. The Bertz CT molecular complexity index is 228. The van der Waals surface area contributed by atoms with Crippen molar-refractivity contribution < 1.29 is 5.21 Å². The van der Waals surface area contributed by atoms with E-state index in [9.17, 15) is 0 Å². The largest absolute Gasteiger partial charge is 0.411 e. The van der Waals surface area contributed by atoms with Crippen LogP contribution in [0.5, 0.6) is 0 Å². The molecule has 0 saturated heterocycles. The molecule has 0 aromatic rings. The smallest absolute Gasteiger partial charge is 0.0574 e. The lowest BCUT2D eigenvalue weighted by molar-refractivity contribution is 0.316. The molecule has 2 heteroatoms. The van der Waals surface area contributed by atoms with E-state index in [0.29, 0.717) is 0 Å². The monoisotopic (exact) mass is 193 g/mol. The Hall–Kier alpha value is -1.05. The Labute approximate surface area is 86.0 Å². The van der Waals surface area contributed by atoms with E-state index in [1.165, 1.54) is 0 Å². The van der Waals surface area contributed by atoms with Crippen LogP contribution < -0.4 is 0 Å². The van der Waals surface area contributed by atoms with E-state index in [4.69, 9.17) is 5.21 Å². The Kier molecular flexibility index (Phi) is 5.80. The van der Waals surface area contributed by atoms with Gasteiger partial charge in [-0.2, -0.15) is 0 Å². The molecule has 78 valence electrons. The fraction of sp³-hybridized carbons (Fsp3) is 0.583. The molecule has 0 aromatic carbocycles. The van der Waals surface area contributed by atoms with Crippen molar-refractivity contribution >= 4 is 5.71 Å². The average Bonchev–Trinajstić information content (AvgIpc) is 2.19. The highest BCUT2D eigenvalue weighted by Gasteiger charge is 1.98. The predicted octanol–water partition coefficient (Wildman–Crippen LogP) is 3.67. The van der Waals surface area contributed by atoms with Crippen LogP contribution in [0.25, 0.3) is 0 Å². The van der Waals surface area contributed by atoms with Gasteiger partial charge in [-0.15, -0.1) is 0 Å². The topological polar surface area (TPSA) is 32.6 Å². The van der Waals surface area contributed by atoms with Crippen LogP contribution in [0.1, 0.15) is 44.9 Å². The van der Waals surface area contributed by atoms with Crippen molar-refractivity contribution in [3.8, 4) is 0 Å². The van der Waals surface area contributed by atoms with Crippen molar-refractivity contribution in [2.45, 2.75) is 44.9 Å². The lowest BCUT2D eigenvalue weighted by atomic mass is 10.1. The van der Waals surface area contributed by atoms with Crippen molar-refractivity contribution in [2.24, 2.45) is 5.16 Å². The van der Waals surface area contributed by atoms with Crippen LogP contribution in [0.4, 0.5) is 0 Å². The summed E-state index contributed by atoms with van der Waals surface area (Å²) in [6, 6.07) is 0. The molecule has 1 N–H and O–H groups in total. The zero-order chi connectivity index (χ0) is 10.1. The van der Waals surface area contributed by atoms with Gasteiger partial charge in [0.15, 0.2) is 0 Å². The first-order chi connectivity index (χ1) is 6.93. The molecule has 0 saturated carbocycles. The number of oxime groups is 1. The van der Waals surface area contributed by atoms with Gasteiger partial charge in [0.25, 0.3) is 0 Å². The number of rotatable bonds is 0. The Morgan fingerprint density at radius 1 is 0.857 bits per heavy atom. The summed E-state index contributed by atoms with van der Waals surface area (Å²) in [5.74, 6) is 0. The molecule has 14 heavy (non-hydrogen) atoms. The minimum atomic E-state index is 0.900. The van der Waals surface area contributed by atoms with Crippen LogP contribution >= 0.6 is 0 Å². The third-order valence-corrected chi connectivity index (χ3v) is 2.41. The highest BCUT2D eigenvalue weighted by atomic mass is 16.4. The molecule has 0 spiro atoms. The van der Waals surface area contributed by atoms with Crippen LogP contribution in [-0.2, 0) is 0 Å². The summed E-state index contributed by atoms with van der Waals surface area (Å²) >= 11 is 0. The summed E-state index contributed by atoms with van der Waals surface area (Å²) in [5.41, 5.74) is 0.934. The second-order valence-electron chi connectivity index (χ2n) is 3.62. The quantitative estimate of drug-likeness (QED) is 0.355. The molecular formula is C12H19NO. The molecule has 0 amide bonds. The molecule has 0 bridgehead atoms. The Morgan fingerprint density at radius 3 is 2.21 bits per heavy atom. The first-order valence-electron chi connectivity index (χ1n) is 5.43. The summed E-state index contributed by atoms with van der Waals surface area (Å²) in [4.78, 5) is 0. The van der Waals surface area contributed by atoms with E-state index in [1.807, 2.05) is 0 Å². The van der Waals surface area contributed by atoms with E-state index in [2.05, 4.69) is 29.5 Å². The van der Waals surface area contributed by atoms with Gasteiger partial charge in [-0.25, -0.2) is 0 Å². The van der Waals surface area contributed by atoms with E-state index in [1.54, 1.807) is 0 Å². The molecule has 0 aromatic heterocycles. The molecule has 0 radical (unpaired) electrons. The number of allylic oxidation sites excluding steroid dienone is 4. The molecular weight excluding hydrogens is 174 g/mol. The van der Waals surface area contributed by atoms with E-state index >= 15 is 0 Å². The zero-order valence-electron chi connectivity index (χ0n) is 8.65. The Morgan fingerprint density at radius 2 is 1.50 bits per heavy atom. The highest BCUT2D eigenvalue weighted by Crippen LogP contribution is 2.07. The molecule has 0 heterocycles. The van der Waals surface area contributed by atoms with Gasteiger partial charge in [-0.05, 0) is 44.9 Å². The average molecular weight is 193 g/mol. The summed E-state index contributed by atoms with van der Waals surface area (Å²) in [7, 11) is 0. The van der Waals surface area contributed by atoms with E-state index in [0.717, 1.165) is 50.7 Å². The SMILES string of the molecule is O/N=C1/CC/C=C\CC/C=C\CCC1. The molecule has 1 aliphatic rings. The van der Waals surface area contributed by atoms with Gasteiger partial charge < -0.3 is 5.21 Å². The molecule has 0 aliphatic heterocycles. The lowest BCUT2D eigenvalue weighted by Gasteiger charge is -2.02. The highest BCUT2D eigenvalue weighted by molar-refractivity contribution is 5.83. The molecule has 0 fully saturated rings. The molecule has 0 atom stereocenters. The van der Waals surface area contributed by atoms with Gasteiger partial charge in [0.2, 0.25) is 0 Å². The molecule has 1 rings (SSSR count). The Balaban J connectivity index is 2.41. The zero-order valence-corrected chi connectivity index (χ0v) is 8.65. The molecule has 0 unspecified atom stereocenters. The number of hydrogen-bond acceptors (Lipinski definition) is 2. The summed E-state index contributed by atoms with van der Waals surface area (Å²) < 4.78 is 0. The normalized spacial score (nSPS) is 27.6. The maximum Gasteiger partial charge on any atom is 0.0574 e. The van der Waals surface area contributed by atoms with E-state index < -0.39 is 0 Å². The third kappa shape index (κ3) is 4.85. The first kappa shape index (κ1) is 11.0. The fourth-order valence-corrected chi connectivity index (χ4v) is 1.56. The molecule has 2 nitrogen and oxygen atoms in total. The lowest BCUT2D eigenvalue weighted by Crippen LogP contribution is -1.97. The second-order valence-corrected chi connectivity index (χ2v) is 3.62. The maximum atomic E-state index is 8.74. The second kappa shape index (κ2) is 7.36. The van der Waals surface area contributed by atoms with Crippen molar-refractivity contribution in [2.75, 3.05) is 0 Å². The van der Waals surface area contributed by atoms with Crippen molar-refractivity contribution in [1.29, 1.82) is 0 Å². The molecule has 1 aliphatic carbocycles. The van der Waals surface area contributed by atoms with E-state index in [-0.39, 0.29) is 0 Å². The van der Waals surface area contributed by atoms with Crippen LogP contribution in [0.2, 0.25) is 0 Å². The minimum Gasteiger partial charge on any atom is -0.411 e. The minimum absolute atomic E-state index is 0.900. The first-order valence-corrected chi connectivity index (χ1v) is 5.43. The van der Waals surface area contributed by atoms with Gasteiger partial charge in [0.05, 0.1) is 5.71 Å². The summed E-state index contributed by atoms with van der Waals surface area (Å²) in [5, 5.41) is 12.1. The van der Waals surface area contributed by atoms with Crippen LogP contribution in [-0.4, -0.2) is 10.9 Å². The van der Waals surface area contributed by atoms with Crippen molar-refractivity contribution in [1.82, 2.24) is 0 Å². The third-order valence-electron chi connectivity index (χ3n) is 2.41. The van der Waals surface area contributed by atoms with Crippen LogP contribution in [0, 0.1) is 0 Å². The van der Waals surface area contributed by atoms with Gasteiger partial charge in [-0.3, -0.25) is 0 Å². The van der Waals surface area contributed by atoms with Crippen LogP contribution in [0.15, 0.2) is 29.5 Å². The predicted molar refractivity (Wildman–Crippen MR) is 59.8 cm³/mol. The van der Waals surface area contributed by atoms with Crippen molar-refractivity contribution in [3.63, 3.8) is 0 Å². The number of hydrogen-bond donors (Lipinski definition) is 1. The van der Waals surface area contributed by atoms with Gasteiger partial charge in [0, 0.05) is 0 Å². The van der Waals surface area contributed by atoms with Crippen LogP contribution in [0.3, 0.4) is 0 Å². The summed E-state index contributed by atoms with van der Waals surface area (Å²) in [6.45, 7) is 0. The van der Waals surface area contributed by atoms with Gasteiger partial charge in [0.1, 0.15) is 0 Å². The number of nitrogens with zero attached hydrogens (tertiary/aromatic N) is 1. The summed E-state index contributed by atoms with van der Waals surface area (Å²) in [6.07, 6.45) is 16.2. The fourth-order valence-electron chi connectivity index (χ4n) is 1.56. The van der Waals surface area contributed by atoms with Gasteiger partial charge >= 0.3 is 0 Å². The van der Waals surface area contributed by atoms with Gasteiger partial charge in [-0.1, -0.05) is 29.5 Å². The standard InChI is InChI=1S/C12H19NO/c14-13-12-10-8-6-4-2-1-3-5-7-9-11-12/h2,4-5,7,14H,1,3,6,8-11H2/b4-2-,7-5-,13-12+.